The summed E-state index contributed by atoms with van der Waals surface area (Å²) in [6, 6.07) is 13.7. The van der Waals surface area contributed by atoms with Gasteiger partial charge in [0.05, 0.1) is 0 Å². The third-order valence-corrected chi connectivity index (χ3v) is 6.09. The molecule has 0 saturated carbocycles. The zero-order valence-electron chi connectivity index (χ0n) is 15.7. The van der Waals surface area contributed by atoms with Gasteiger partial charge in [-0.2, -0.15) is 8.42 Å². The van der Waals surface area contributed by atoms with E-state index >= 15 is 0 Å². The summed E-state index contributed by atoms with van der Waals surface area (Å²) >= 11 is 0. The average Bonchev–Trinajstić information content (AvgIpc) is 2.67. The van der Waals surface area contributed by atoms with Crippen LogP contribution in [0.25, 0.3) is 10.9 Å². The van der Waals surface area contributed by atoms with Gasteiger partial charge in [0, 0.05) is 30.2 Å². The summed E-state index contributed by atoms with van der Waals surface area (Å²) in [7, 11) is -4.03. The fourth-order valence-corrected chi connectivity index (χ4v) is 4.50. The quantitative estimate of drug-likeness (QED) is 0.632. The highest BCUT2D eigenvalue weighted by Gasteiger charge is 2.24. The zero-order chi connectivity index (χ0) is 19.9. The van der Waals surface area contributed by atoms with Crippen molar-refractivity contribution in [2.75, 3.05) is 11.4 Å². The highest BCUT2D eigenvalue weighted by atomic mass is 32.2. The molecule has 0 unspecified atom stereocenters. The van der Waals surface area contributed by atoms with E-state index in [1.807, 2.05) is 25.1 Å². The maximum absolute atomic E-state index is 12.9. The summed E-state index contributed by atoms with van der Waals surface area (Å²) < 4.78 is 31.3. The molecule has 0 atom stereocenters. The topological polar surface area (TPSA) is 76.6 Å². The van der Waals surface area contributed by atoms with Crippen LogP contribution in [0.5, 0.6) is 5.75 Å². The predicted octanol–water partition coefficient (Wildman–Crippen LogP) is 3.61. The molecule has 0 fully saturated rings. The van der Waals surface area contributed by atoms with Gasteiger partial charge in [0.1, 0.15) is 10.4 Å². The number of carbonyl (C=O) groups excluding carboxylic acids is 1. The lowest BCUT2D eigenvalue weighted by molar-refractivity contribution is -0.116. The summed E-state index contributed by atoms with van der Waals surface area (Å²) in [5, 5.41) is 0.806. The number of fused-ring (bicyclic) bond motifs is 2. The molecule has 1 aliphatic heterocycles. The van der Waals surface area contributed by atoms with Crippen molar-refractivity contribution in [2.24, 2.45) is 0 Å². The molecule has 1 amide bonds. The number of hydrogen-bond acceptors (Lipinski definition) is 5. The van der Waals surface area contributed by atoms with Crippen molar-refractivity contribution in [3.63, 3.8) is 0 Å². The molecule has 3 aromatic rings. The van der Waals surface area contributed by atoms with E-state index in [-0.39, 0.29) is 16.6 Å². The van der Waals surface area contributed by atoms with Crippen LogP contribution < -0.4 is 9.08 Å². The first-order chi connectivity index (χ1) is 13.3. The monoisotopic (exact) mass is 396 g/mol. The first-order valence-corrected chi connectivity index (χ1v) is 10.5. The predicted molar refractivity (Wildman–Crippen MR) is 107 cm³/mol. The Morgan fingerprint density at radius 1 is 1.14 bits per heavy atom. The van der Waals surface area contributed by atoms with E-state index in [4.69, 9.17) is 4.18 Å². The lowest BCUT2D eigenvalue weighted by Crippen LogP contribution is -2.33. The van der Waals surface area contributed by atoms with Crippen molar-refractivity contribution >= 4 is 32.6 Å². The van der Waals surface area contributed by atoms with E-state index in [0.717, 1.165) is 35.2 Å². The van der Waals surface area contributed by atoms with Crippen LogP contribution in [-0.4, -0.2) is 25.9 Å². The van der Waals surface area contributed by atoms with Crippen molar-refractivity contribution in [1.82, 2.24) is 4.98 Å². The highest BCUT2D eigenvalue weighted by molar-refractivity contribution is 7.87. The zero-order valence-corrected chi connectivity index (χ0v) is 16.5. The molecule has 1 aromatic heterocycles. The average molecular weight is 396 g/mol. The number of aromatic nitrogens is 1. The molecule has 6 nitrogen and oxygen atoms in total. The van der Waals surface area contributed by atoms with Gasteiger partial charge < -0.3 is 9.08 Å². The van der Waals surface area contributed by atoms with Gasteiger partial charge in [-0.1, -0.05) is 18.2 Å². The maximum atomic E-state index is 12.9. The second-order valence-electron chi connectivity index (χ2n) is 6.88. The second-order valence-corrected chi connectivity index (χ2v) is 8.43. The number of anilines is 1. The normalized spacial score (nSPS) is 14.0. The molecule has 144 valence electrons. The van der Waals surface area contributed by atoms with Crippen LogP contribution in [0.4, 0.5) is 5.69 Å². The summed E-state index contributed by atoms with van der Waals surface area (Å²) in [6.45, 7) is 4.00. The van der Waals surface area contributed by atoms with Gasteiger partial charge in [0.15, 0.2) is 5.75 Å². The first-order valence-electron chi connectivity index (χ1n) is 9.07. The molecule has 28 heavy (non-hydrogen) atoms. The minimum Gasteiger partial charge on any atom is -0.377 e. The number of amides is 1. The van der Waals surface area contributed by atoms with E-state index in [1.165, 1.54) is 13.0 Å². The van der Waals surface area contributed by atoms with Crippen molar-refractivity contribution in [3.8, 4) is 5.75 Å². The van der Waals surface area contributed by atoms with Crippen LogP contribution in [0.15, 0.2) is 53.4 Å². The van der Waals surface area contributed by atoms with E-state index in [1.54, 1.807) is 29.2 Å². The van der Waals surface area contributed by atoms with E-state index < -0.39 is 10.1 Å². The molecule has 0 saturated heterocycles. The van der Waals surface area contributed by atoms with Gasteiger partial charge in [-0.3, -0.25) is 4.79 Å². The van der Waals surface area contributed by atoms with Crippen molar-refractivity contribution in [3.05, 3.63) is 59.8 Å². The Balaban J connectivity index is 1.72. The number of benzene rings is 2. The molecule has 2 aromatic carbocycles. The Labute approximate surface area is 163 Å². The number of para-hydroxylation sites is 1. The molecule has 0 radical (unpaired) electrons. The van der Waals surface area contributed by atoms with Gasteiger partial charge in [-0.05, 0) is 55.7 Å². The molecule has 0 spiro atoms. The molecule has 7 heteroatoms. The maximum Gasteiger partial charge on any atom is 0.339 e. The fraction of sp³-hybridized carbons (Fsp3) is 0.238. The van der Waals surface area contributed by atoms with E-state index in [9.17, 15) is 13.2 Å². The second kappa shape index (κ2) is 6.91. The summed E-state index contributed by atoms with van der Waals surface area (Å²) in [5.41, 5.74) is 2.88. The van der Waals surface area contributed by atoms with Gasteiger partial charge in [-0.15, -0.1) is 0 Å². The van der Waals surface area contributed by atoms with Crippen LogP contribution in [0.1, 0.15) is 24.6 Å². The number of nitrogens with zero attached hydrogens (tertiary/aromatic N) is 2. The molecular weight excluding hydrogens is 376 g/mol. The van der Waals surface area contributed by atoms with E-state index in [0.29, 0.717) is 12.1 Å². The largest absolute Gasteiger partial charge is 0.377 e. The molecule has 4 rings (SSSR count). The van der Waals surface area contributed by atoms with Gasteiger partial charge in [-0.25, -0.2) is 4.98 Å². The first kappa shape index (κ1) is 18.4. The standard InChI is InChI=1S/C21H20N2O4S/c1-14-8-9-16-5-3-7-20(21(16)22-14)27-28(25,26)18-10-11-19-17(13-18)6-4-12-23(19)15(2)24/h3,5,7-11,13H,4,6,12H2,1-2H3. The Kier molecular flexibility index (Phi) is 4.55. The smallest absolute Gasteiger partial charge is 0.339 e. The van der Waals surface area contributed by atoms with Crippen LogP contribution in [-0.2, 0) is 21.3 Å². The van der Waals surface area contributed by atoms with Crippen LogP contribution in [0.3, 0.4) is 0 Å². The third kappa shape index (κ3) is 3.33. The lowest BCUT2D eigenvalue weighted by Gasteiger charge is -2.28. The van der Waals surface area contributed by atoms with Crippen molar-refractivity contribution in [1.29, 1.82) is 0 Å². The van der Waals surface area contributed by atoms with Gasteiger partial charge >= 0.3 is 10.1 Å². The number of rotatable bonds is 3. The number of hydrogen-bond donors (Lipinski definition) is 0. The van der Waals surface area contributed by atoms with Crippen LogP contribution in [0.2, 0.25) is 0 Å². The number of aryl methyl sites for hydroxylation is 2. The Hall–Kier alpha value is -2.93. The van der Waals surface area contributed by atoms with Crippen LogP contribution >= 0.6 is 0 Å². The van der Waals surface area contributed by atoms with Crippen LogP contribution in [0, 0.1) is 6.92 Å². The molecule has 1 aliphatic rings. The third-order valence-electron chi connectivity index (χ3n) is 4.86. The molecule has 0 bridgehead atoms. The Morgan fingerprint density at radius 3 is 2.75 bits per heavy atom. The van der Waals surface area contributed by atoms with Gasteiger partial charge in [0.2, 0.25) is 5.91 Å². The fourth-order valence-electron chi connectivity index (χ4n) is 3.51. The Morgan fingerprint density at radius 2 is 1.96 bits per heavy atom. The van der Waals surface area contributed by atoms with E-state index in [2.05, 4.69) is 4.98 Å². The lowest BCUT2D eigenvalue weighted by atomic mass is 10.0. The molecule has 0 aliphatic carbocycles. The SMILES string of the molecule is CC(=O)N1CCCc2cc(S(=O)(=O)Oc3cccc4ccc(C)nc34)ccc21. The summed E-state index contributed by atoms with van der Waals surface area (Å²) in [4.78, 5) is 18.0. The summed E-state index contributed by atoms with van der Waals surface area (Å²) in [6.07, 6.45) is 1.51. The molecule has 0 N–H and O–H groups in total. The number of carbonyl (C=O) groups is 1. The summed E-state index contributed by atoms with van der Waals surface area (Å²) in [5.74, 6) is 0.147. The number of pyridine rings is 1. The van der Waals surface area contributed by atoms with Gasteiger partial charge in [0.25, 0.3) is 0 Å². The highest BCUT2D eigenvalue weighted by Crippen LogP contribution is 2.32. The van der Waals surface area contributed by atoms with Crippen molar-refractivity contribution in [2.45, 2.75) is 31.6 Å². The minimum absolute atomic E-state index is 0.0509. The van der Waals surface area contributed by atoms with Crippen molar-refractivity contribution < 1.29 is 17.4 Å². The Bertz CT molecular complexity index is 1190. The minimum atomic E-state index is -4.03. The molecule has 2 heterocycles. The molecular formula is C21H20N2O4S.